The van der Waals surface area contributed by atoms with Crippen LogP contribution in [0.15, 0.2) is 213 Å². The number of nitrogens with zero attached hydrogens (tertiary/aromatic N) is 17. The van der Waals surface area contributed by atoms with Crippen LogP contribution in [-0.2, 0) is 54.1 Å². The van der Waals surface area contributed by atoms with Crippen LogP contribution in [0.1, 0.15) is 126 Å². The van der Waals surface area contributed by atoms with E-state index < -0.39 is 0 Å². The van der Waals surface area contributed by atoms with E-state index in [2.05, 4.69) is 140 Å². The first-order valence-corrected chi connectivity index (χ1v) is 45.7. The lowest BCUT2D eigenvalue weighted by Gasteiger charge is -2.23. The molecule has 0 spiro atoms. The number of aliphatic hydroxyl groups is 2. The molecular formula is C101H115N17O12. The van der Waals surface area contributed by atoms with E-state index in [1.807, 2.05) is 153 Å². The van der Waals surface area contributed by atoms with Crippen LogP contribution >= 0.6 is 0 Å². The molecule has 2 N–H and O–H groups in total. The van der Waals surface area contributed by atoms with Crippen molar-refractivity contribution in [1.82, 2.24) is 83.2 Å². The maximum atomic E-state index is 9.04. The zero-order valence-corrected chi connectivity index (χ0v) is 74.9. The molecule has 4 fully saturated rings. The topological polar surface area (TPSA) is 288 Å². The highest BCUT2D eigenvalue weighted by Gasteiger charge is 2.28. The average molecular weight is 1760 g/mol. The summed E-state index contributed by atoms with van der Waals surface area (Å²) in [7, 11) is 3.33. The Labute approximate surface area is 755 Å². The minimum absolute atomic E-state index is 0.00224. The van der Waals surface area contributed by atoms with Crippen molar-refractivity contribution in [1.29, 1.82) is 0 Å². The predicted molar refractivity (Wildman–Crippen MR) is 501 cm³/mol. The molecule has 0 amide bonds. The van der Waals surface area contributed by atoms with Crippen molar-refractivity contribution in [3.63, 3.8) is 0 Å². The molecule has 16 aromatic rings. The van der Waals surface area contributed by atoms with E-state index in [1.54, 1.807) is 20.4 Å². The Bertz CT molecular complexity index is 6360. The number of rotatable bonds is 30. The van der Waals surface area contributed by atoms with Crippen molar-refractivity contribution in [2.45, 2.75) is 129 Å². The first-order chi connectivity index (χ1) is 64.1. The lowest BCUT2D eigenvalue weighted by Crippen LogP contribution is -2.21. The number of aliphatic hydroxyl groups excluding tert-OH is 2. The Hall–Kier alpha value is -12.7. The van der Waals surface area contributed by atoms with Crippen LogP contribution in [0.4, 0.5) is 0 Å². The van der Waals surface area contributed by atoms with Gasteiger partial charge >= 0.3 is 0 Å². The molecule has 13 heterocycles. The molecule has 4 aliphatic heterocycles. The van der Waals surface area contributed by atoms with Crippen LogP contribution in [0.3, 0.4) is 0 Å². The van der Waals surface area contributed by atoms with Gasteiger partial charge in [-0.2, -0.15) is 40.8 Å². The number of aryl methyl sites for hydroxylation is 4. The second-order valence-corrected chi connectivity index (χ2v) is 32.4. The molecule has 4 aliphatic rings. The zero-order chi connectivity index (χ0) is 89.1. The molecule has 29 heteroatoms. The minimum atomic E-state index is -0.0161. The van der Waals surface area contributed by atoms with Gasteiger partial charge in [0, 0.05) is 117 Å². The Morgan fingerprint density at radius 2 is 0.638 bits per heavy atom. The van der Waals surface area contributed by atoms with E-state index in [-0.39, 0.29) is 26.4 Å². The molecule has 0 radical (unpaired) electrons. The van der Waals surface area contributed by atoms with E-state index >= 15 is 0 Å². The van der Waals surface area contributed by atoms with Crippen LogP contribution in [0.2, 0.25) is 0 Å². The van der Waals surface area contributed by atoms with Gasteiger partial charge in [-0.1, -0.05) is 76.2 Å². The van der Waals surface area contributed by atoms with E-state index in [1.165, 1.54) is 32.7 Å². The molecule has 9 aromatic heterocycles. The summed E-state index contributed by atoms with van der Waals surface area (Å²) in [4.78, 5) is 5.08. The van der Waals surface area contributed by atoms with Gasteiger partial charge in [-0.3, -0.25) is 14.0 Å². The molecule has 0 saturated carbocycles. The lowest BCUT2D eigenvalue weighted by atomic mass is 10.1. The summed E-state index contributed by atoms with van der Waals surface area (Å²) in [5.74, 6) is 3.03. The fraction of sp³-hybridized carbons (Fsp3) is 0.376. The molecule has 7 aromatic carbocycles. The fourth-order valence-electron chi connectivity index (χ4n) is 17.6. The normalized spacial score (nSPS) is 14.8. The third-order valence-electron chi connectivity index (χ3n) is 24.3. The standard InChI is InChI=1S/C26H30N4O3.C25H29N5O3.2C25H28N4O3/c1-3-24-23-9-4-19(18-26(23)30(28-24)21-11-14-32-15-12-21)25-10-13-27-29(25)20-5-7-22(8-6-20)33-17-16-31-2;1-3-22-21-7-8-23(27-25(21)30(28-22)18-10-13-32-14-11-18)24-9-12-26-29(24)19-5-4-6-20(17-19)33-16-15-31-2;1-2-23-22-8-3-18(17-25(22)29(27-23)20-10-14-31-15-11-20)24-9-12-26-28(24)19-4-6-21(7-5-19)32-16-13-30;1-2-23-22-7-6-18(16-25(22)29(27-23)19-9-13-31-14-10-19)24-8-11-26-28(24)20-4-3-5-21(17-20)32-15-12-30/h4-10,13,18,21H,3,11-12,14-17H2,1-2H3;4-9,12,17-18H,3,10-11,13-16H2,1-2H3;3-9,12,17,20,30H,2,10-11,13-16H2,1H3;3-8,11,16-17,19,30H,2,9-10,12-15H2,1H3. The number of aromatic nitrogens is 17. The maximum absolute atomic E-state index is 9.04. The van der Waals surface area contributed by atoms with E-state index in [0.29, 0.717) is 56.3 Å². The van der Waals surface area contributed by atoms with E-state index in [4.69, 9.17) is 83.0 Å². The smallest absolute Gasteiger partial charge is 0.159 e. The second kappa shape index (κ2) is 43.1. The van der Waals surface area contributed by atoms with Crippen molar-refractivity contribution in [2.24, 2.45) is 0 Å². The Kier molecular flexibility index (Phi) is 29.6. The SMILES string of the molecule is CCc1nn(C2CCOCC2)c2cc(-c3ccnn3-c3ccc(OCCO)cc3)ccc12.CCc1nn(C2CCOCC2)c2cc(-c3ccnn3-c3ccc(OCCOC)cc3)ccc12.CCc1nn(C2CCOCC2)c2cc(-c3ccnn3-c3cccc(OCCO)c3)ccc12.CCc1nn(C2CCOCC2)c2nc(-c3ccnn3-c3cccc(OCCOC)c3)ccc12. The van der Waals surface area contributed by atoms with Crippen molar-refractivity contribution in [3.8, 4) is 90.9 Å². The summed E-state index contributed by atoms with van der Waals surface area (Å²) in [5.41, 5.74) is 20.9. The molecule has 0 aliphatic carbocycles. The van der Waals surface area contributed by atoms with Gasteiger partial charge in [0.25, 0.3) is 0 Å². The summed E-state index contributed by atoms with van der Waals surface area (Å²) in [6.45, 7) is 17.6. The van der Waals surface area contributed by atoms with Crippen LogP contribution in [0.25, 0.3) is 112 Å². The van der Waals surface area contributed by atoms with Crippen molar-refractivity contribution >= 4 is 43.7 Å². The van der Waals surface area contributed by atoms with Crippen molar-refractivity contribution in [3.05, 3.63) is 236 Å². The fourth-order valence-corrected chi connectivity index (χ4v) is 17.6. The van der Waals surface area contributed by atoms with Gasteiger partial charge in [-0.15, -0.1) is 0 Å². The van der Waals surface area contributed by atoms with Crippen LogP contribution in [0, 0.1) is 0 Å². The average Bonchev–Trinajstić information content (AvgIpc) is 1.63. The quantitative estimate of drug-likeness (QED) is 0.0395. The molecule has 29 nitrogen and oxygen atoms in total. The molecule has 130 heavy (non-hydrogen) atoms. The zero-order valence-electron chi connectivity index (χ0n) is 74.9. The highest BCUT2D eigenvalue weighted by atomic mass is 16.5. The van der Waals surface area contributed by atoms with Gasteiger partial charge in [0.2, 0.25) is 0 Å². The number of benzene rings is 7. The minimum Gasteiger partial charge on any atom is -0.491 e. The first kappa shape index (κ1) is 89.3. The summed E-state index contributed by atoms with van der Waals surface area (Å²) in [6, 6.07) is 64.9. The number of fused-ring (bicyclic) bond motifs is 4. The summed E-state index contributed by atoms with van der Waals surface area (Å²) in [6.07, 6.45) is 18.8. The lowest BCUT2D eigenvalue weighted by molar-refractivity contribution is 0.0671. The maximum Gasteiger partial charge on any atom is 0.159 e. The van der Waals surface area contributed by atoms with Crippen molar-refractivity contribution in [2.75, 3.05) is 120 Å². The Balaban J connectivity index is 0.000000121. The highest BCUT2D eigenvalue weighted by Crippen LogP contribution is 2.39. The molecular weight excluding hydrogens is 1640 g/mol. The summed E-state index contributed by atoms with van der Waals surface area (Å²) in [5, 5.41) is 60.9. The Morgan fingerprint density at radius 1 is 0.315 bits per heavy atom. The van der Waals surface area contributed by atoms with Gasteiger partial charge in [-0.25, -0.2) is 28.4 Å². The third kappa shape index (κ3) is 20.2. The van der Waals surface area contributed by atoms with Gasteiger partial charge < -0.3 is 57.6 Å². The van der Waals surface area contributed by atoms with E-state index in [9.17, 15) is 0 Å². The molecule has 4 saturated heterocycles. The number of methoxy groups -OCH3 is 2. The summed E-state index contributed by atoms with van der Waals surface area (Å²) < 4.78 is 71.4. The number of pyridine rings is 1. The van der Waals surface area contributed by atoms with Crippen LogP contribution in [0.5, 0.6) is 23.0 Å². The molecule has 0 bridgehead atoms. The third-order valence-corrected chi connectivity index (χ3v) is 24.3. The number of hydrogen-bond donors (Lipinski definition) is 2. The predicted octanol–water partition coefficient (Wildman–Crippen LogP) is 17.4. The summed E-state index contributed by atoms with van der Waals surface area (Å²) >= 11 is 0. The highest BCUT2D eigenvalue weighted by molar-refractivity contribution is 5.89. The van der Waals surface area contributed by atoms with Crippen LogP contribution in [-0.4, -0.2) is 213 Å². The first-order valence-electron chi connectivity index (χ1n) is 45.7. The van der Waals surface area contributed by atoms with Crippen LogP contribution < -0.4 is 18.9 Å². The molecule has 676 valence electrons. The number of hydrogen-bond acceptors (Lipinski definition) is 21. The van der Waals surface area contributed by atoms with E-state index in [0.717, 1.165) is 249 Å². The monoisotopic (exact) mass is 1760 g/mol. The molecule has 0 atom stereocenters. The molecule has 0 unspecified atom stereocenters. The van der Waals surface area contributed by atoms with Gasteiger partial charge in [-0.05, 0) is 204 Å². The van der Waals surface area contributed by atoms with Crippen molar-refractivity contribution < 1.29 is 57.6 Å². The van der Waals surface area contributed by atoms with Gasteiger partial charge in [0.15, 0.2) is 5.65 Å². The Morgan fingerprint density at radius 3 is 1.02 bits per heavy atom. The van der Waals surface area contributed by atoms with Gasteiger partial charge in [0.05, 0.1) is 166 Å². The number of ether oxygens (including phenoxy) is 10. The molecule has 20 rings (SSSR count). The second-order valence-electron chi connectivity index (χ2n) is 32.4. The van der Waals surface area contributed by atoms with Gasteiger partial charge in [0.1, 0.15) is 49.4 Å². The largest absolute Gasteiger partial charge is 0.491 e.